The highest BCUT2D eigenvalue weighted by atomic mass is 16.5. The zero-order valence-electron chi connectivity index (χ0n) is 17.9. The van der Waals surface area contributed by atoms with Gasteiger partial charge in [0.2, 0.25) is 0 Å². The molecular formula is C25H29N3O2. The second-order valence-electron chi connectivity index (χ2n) is 8.56. The van der Waals surface area contributed by atoms with Crippen molar-refractivity contribution >= 4 is 11.1 Å². The summed E-state index contributed by atoms with van der Waals surface area (Å²) in [5, 5.41) is 7.79. The number of aryl methyl sites for hydroxylation is 3. The number of hydrogen-bond donors (Lipinski definition) is 1. The summed E-state index contributed by atoms with van der Waals surface area (Å²) < 4.78 is 11.5. The van der Waals surface area contributed by atoms with Crippen molar-refractivity contribution in [3.05, 3.63) is 76.6 Å². The van der Waals surface area contributed by atoms with Gasteiger partial charge in [0.25, 0.3) is 0 Å². The molecule has 5 rings (SSSR count). The molecule has 5 heteroatoms. The number of allylic oxidation sites excluding steroid dienone is 2. The summed E-state index contributed by atoms with van der Waals surface area (Å²) in [5.41, 5.74) is 8.20. The molecule has 0 radical (unpaired) electrons. The largest absolute Gasteiger partial charge is 0.378 e. The SMILES string of the molecule is Cc1ccc(C2=CN(CC3CCCCO3)C3=CC(c4c(C)noc4C)=CNC23)cc1. The second-order valence-corrected chi connectivity index (χ2v) is 8.56. The molecule has 2 aromatic rings. The highest BCUT2D eigenvalue weighted by molar-refractivity contribution is 5.83. The van der Waals surface area contributed by atoms with Crippen LogP contribution < -0.4 is 5.32 Å². The summed E-state index contributed by atoms with van der Waals surface area (Å²) in [6, 6.07) is 8.94. The smallest absolute Gasteiger partial charge is 0.141 e. The van der Waals surface area contributed by atoms with Crippen LogP contribution in [0.15, 0.2) is 53.0 Å². The molecule has 1 fully saturated rings. The first-order valence-corrected chi connectivity index (χ1v) is 10.9. The van der Waals surface area contributed by atoms with Crippen LogP contribution in [0.5, 0.6) is 0 Å². The first-order chi connectivity index (χ1) is 14.6. The molecule has 0 amide bonds. The zero-order valence-corrected chi connectivity index (χ0v) is 17.9. The molecule has 3 aliphatic heterocycles. The van der Waals surface area contributed by atoms with Crippen LogP contribution in [0.2, 0.25) is 0 Å². The van der Waals surface area contributed by atoms with Gasteiger partial charge in [-0.1, -0.05) is 35.0 Å². The summed E-state index contributed by atoms with van der Waals surface area (Å²) in [6.45, 7) is 7.85. The molecular weight excluding hydrogens is 374 g/mol. The van der Waals surface area contributed by atoms with Crippen LogP contribution in [-0.2, 0) is 4.74 Å². The molecule has 2 unspecified atom stereocenters. The van der Waals surface area contributed by atoms with Crippen LogP contribution in [0.4, 0.5) is 0 Å². The maximum atomic E-state index is 6.06. The van der Waals surface area contributed by atoms with E-state index in [2.05, 4.69) is 65.0 Å². The molecule has 30 heavy (non-hydrogen) atoms. The van der Waals surface area contributed by atoms with Gasteiger partial charge >= 0.3 is 0 Å². The van der Waals surface area contributed by atoms with Gasteiger partial charge in [-0.25, -0.2) is 0 Å². The van der Waals surface area contributed by atoms with Crippen LogP contribution in [0, 0.1) is 20.8 Å². The third-order valence-corrected chi connectivity index (χ3v) is 6.32. The third-order valence-electron chi connectivity index (χ3n) is 6.32. The summed E-state index contributed by atoms with van der Waals surface area (Å²) in [7, 11) is 0. The van der Waals surface area contributed by atoms with Gasteiger partial charge in [0.05, 0.1) is 17.8 Å². The fourth-order valence-corrected chi connectivity index (χ4v) is 4.71. The molecule has 0 spiro atoms. The van der Waals surface area contributed by atoms with Gasteiger partial charge in [-0.3, -0.25) is 0 Å². The van der Waals surface area contributed by atoms with Crippen molar-refractivity contribution in [2.24, 2.45) is 0 Å². The molecule has 156 valence electrons. The van der Waals surface area contributed by atoms with Crippen LogP contribution in [0.25, 0.3) is 11.1 Å². The lowest BCUT2D eigenvalue weighted by Crippen LogP contribution is -2.36. The Morgan fingerprint density at radius 1 is 1.13 bits per heavy atom. The molecule has 2 atom stereocenters. The van der Waals surface area contributed by atoms with E-state index in [1.54, 1.807) is 0 Å². The maximum absolute atomic E-state index is 6.06. The van der Waals surface area contributed by atoms with Crippen molar-refractivity contribution < 1.29 is 9.26 Å². The molecule has 1 saturated heterocycles. The minimum atomic E-state index is 0.139. The van der Waals surface area contributed by atoms with E-state index in [4.69, 9.17) is 9.26 Å². The Balaban J connectivity index is 1.50. The number of benzene rings is 1. The summed E-state index contributed by atoms with van der Waals surface area (Å²) in [6.07, 6.45) is 10.5. The van der Waals surface area contributed by atoms with Crippen molar-refractivity contribution in [1.29, 1.82) is 0 Å². The molecule has 1 aromatic carbocycles. The van der Waals surface area contributed by atoms with Gasteiger partial charge in [-0.2, -0.15) is 0 Å². The van der Waals surface area contributed by atoms with E-state index >= 15 is 0 Å². The number of aromatic nitrogens is 1. The monoisotopic (exact) mass is 403 g/mol. The molecule has 0 aliphatic carbocycles. The standard InChI is InChI=1S/C25H29N3O2/c1-16-7-9-19(10-8-16)22-15-28(14-21-6-4-5-11-29-21)23-12-20(13-26-25(22)23)24-17(2)27-30-18(24)3/h7-10,12-13,15,21,25-26H,4-6,11,14H2,1-3H3. The summed E-state index contributed by atoms with van der Waals surface area (Å²) in [4.78, 5) is 2.38. The molecule has 5 nitrogen and oxygen atoms in total. The zero-order chi connectivity index (χ0) is 20.7. The first-order valence-electron chi connectivity index (χ1n) is 10.9. The van der Waals surface area contributed by atoms with Crippen molar-refractivity contribution in [2.45, 2.75) is 52.2 Å². The number of nitrogens with zero attached hydrogens (tertiary/aromatic N) is 2. The van der Waals surface area contributed by atoms with Crippen LogP contribution >= 0.6 is 0 Å². The van der Waals surface area contributed by atoms with E-state index in [1.807, 2.05) is 13.8 Å². The van der Waals surface area contributed by atoms with Gasteiger partial charge in [0.15, 0.2) is 0 Å². The third kappa shape index (κ3) is 3.47. The Kier molecular flexibility index (Phi) is 4.99. The van der Waals surface area contributed by atoms with Gasteiger partial charge in [-0.05, 0) is 51.7 Å². The number of dihydropyridines is 1. The van der Waals surface area contributed by atoms with Gasteiger partial charge in [-0.15, -0.1) is 0 Å². The number of hydrogen-bond acceptors (Lipinski definition) is 5. The lowest BCUT2D eigenvalue weighted by atomic mass is 9.94. The van der Waals surface area contributed by atoms with E-state index in [0.717, 1.165) is 42.2 Å². The molecule has 4 heterocycles. The highest BCUT2D eigenvalue weighted by Crippen LogP contribution is 2.38. The van der Waals surface area contributed by atoms with Crippen LogP contribution in [0.3, 0.4) is 0 Å². The van der Waals surface area contributed by atoms with Crippen molar-refractivity contribution in [2.75, 3.05) is 13.2 Å². The predicted octanol–water partition coefficient (Wildman–Crippen LogP) is 4.72. The number of ether oxygens (including phenoxy) is 1. The topological polar surface area (TPSA) is 50.5 Å². The molecule has 0 bridgehead atoms. The Bertz CT molecular complexity index is 1000. The van der Waals surface area contributed by atoms with Crippen molar-refractivity contribution in [1.82, 2.24) is 15.4 Å². The molecule has 1 N–H and O–H groups in total. The average Bonchev–Trinajstić information content (AvgIpc) is 3.28. The second kappa shape index (κ2) is 7.80. The lowest BCUT2D eigenvalue weighted by molar-refractivity contribution is 0.00584. The van der Waals surface area contributed by atoms with E-state index in [1.165, 1.54) is 35.2 Å². The van der Waals surface area contributed by atoms with Crippen LogP contribution in [-0.4, -0.2) is 35.4 Å². The lowest BCUT2D eigenvalue weighted by Gasteiger charge is -2.31. The molecule has 3 aliphatic rings. The molecule has 0 saturated carbocycles. The Hall–Kier alpha value is -2.79. The van der Waals surface area contributed by atoms with Gasteiger partial charge < -0.3 is 19.5 Å². The highest BCUT2D eigenvalue weighted by Gasteiger charge is 2.34. The Labute approximate surface area is 178 Å². The maximum Gasteiger partial charge on any atom is 0.141 e. The first kappa shape index (κ1) is 19.2. The quantitative estimate of drug-likeness (QED) is 0.800. The number of nitrogens with one attached hydrogen (secondary N) is 1. The predicted molar refractivity (Wildman–Crippen MR) is 118 cm³/mol. The van der Waals surface area contributed by atoms with E-state index < -0.39 is 0 Å². The number of rotatable bonds is 4. The van der Waals surface area contributed by atoms with Crippen molar-refractivity contribution in [3.63, 3.8) is 0 Å². The number of fused-ring (bicyclic) bond motifs is 1. The summed E-state index contributed by atoms with van der Waals surface area (Å²) in [5.74, 6) is 0.850. The van der Waals surface area contributed by atoms with E-state index in [9.17, 15) is 0 Å². The minimum absolute atomic E-state index is 0.139. The van der Waals surface area contributed by atoms with Gasteiger partial charge in [0.1, 0.15) is 5.76 Å². The summed E-state index contributed by atoms with van der Waals surface area (Å²) >= 11 is 0. The Morgan fingerprint density at radius 3 is 2.67 bits per heavy atom. The van der Waals surface area contributed by atoms with E-state index in [0.29, 0.717) is 0 Å². The molecule has 1 aromatic heterocycles. The van der Waals surface area contributed by atoms with E-state index in [-0.39, 0.29) is 12.1 Å². The Morgan fingerprint density at radius 2 is 1.97 bits per heavy atom. The van der Waals surface area contributed by atoms with Crippen LogP contribution in [0.1, 0.15) is 47.4 Å². The fraction of sp³-hybridized carbons (Fsp3) is 0.400. The van der Waals surface area contributed by atoms with Gasteiger partial charge in [0, 0.05) is 48.0 Å². The minimum Gasteiger partial charge on any atom is -0.378 e. The van der Waals surface area contributed by atoms with Crippen molar-refractivity contribution in [3.8, 4) is 0 Å². The average molecular weight is 404 g/mol. The normalized spacial score (nSPS) is 23.4. The fourth-order valence-electron chi connectivity index (χ4n) is 4.71.